The summed E-state index contributed by atoms with van der Waals surface area (Å²) in [6, 6.07) is 1.88. The molecule has 0 bridgehead atoms. The summed E-state index contributed by atoms with van der Waals surface area (Å²) >= 11 is 0. The fraction of sp³-hybridized carbons (Fsp3) is 0.364. The van der Waals surface area contributed by atoms with E-state index in [1.807, 2.05) is 0 Å². The van der Waals surface area contributed by atoms with E-state index in [9.17, 15) is 17.2 Å². The van der Waals surface area contributed by atoms with Gasteiger partial charge in [0.2, 0.25) is 0 Å². The molecule has 0 atom stereocenters. The Labute approximate surface area is 114 Å². The van der Waals surface area contributed by atoms with Crippen molar-refractivity contribution in [2.75, 3.05) is 29.5 Å². The molecule has 1 aliphatic heterocycles. The molecule has 0 unspecified atom stereocenters. The van der Waals surface area contributed by atoms with Crippen molar-refractivity contribution < 1.29 is 22.4 Å². The van der Waals surface area contributed by atoms with Gasteiger partial charge < -0.3 is 15.8 Å². The van der Waals surface area contributed by atoms with Crippen LogP contribution in [-0.4, -0.2) is 44.1 Å². The lowest BCUT2D eigenvalue weighted by atomic mass is 10.1. The van der Waals surface area contributed by atoms with Crippen molar-refractivity contribution in [1.82, 2.24) is 0 Å². The first-order chi connectivity index (χ1) is 9.34. The summed E-state index contributed by atoms with van der Waals surface area (Å²) in [6.07, 6.45) is 0. The van der Waals surface area contributed by atoms with E-state index in [4.69, 9.17) is 10.9 Å². The number of halogens is 2. The summed E-state index contributed by atoms with van der Waals surface area (Å²) in [6.45, 7) is 0.0538. The minimum Gasteiger partial charge on any atom is -0.409 e. The molecule has 0 aliphatic carbocycles. The summed E-state index contributed by atoms with van der Waals surface area (Å²) in [5.74, 6) is -2.46. The van der Waals surface area contributed by atoms with Crippen LogP contribution in [0.3, 0.4) is 0 Å². The summed E-state index contributed by atoms with van der Waals surface area (Å²) in [5, 5.41) is 11.2. The molecule has 0 amide bonds. The van der Waals surface area contributed by atoms with Crippen molar-refractivity contribution in [3.8, 4) is 0 Å². The second-order valence-corrected chi connectivity index (χ2v) is 6.72. The Morgan fingerprint density at radius 3 is 2.20 bits per heavy atom. The lowest BCUT2D eigenvalue weighted by Crippen LogP contribution is -2.41. The lowest BCUT2D eigenvalue weighted by Gasteiger charge is -2.29. The molecular weight excluding hydrogens is 292 g/mol. The van der Waals surface area contributed by atoms with Gasteiger partial charge in [-0.25, -0.2) is 17.2 Å². The summed E-state index contributed by atoms with van der Waals surface area (Å²) in [4.78, 5) is 1.34. The molecule has 1 aromatic rings. The Morgan fingerprint density at radius 1 is 1.25 bits per heavy atom. The van der Waals surface area contributed by atoms with Gasteiger partial charge in [0.25, 0.3) is 0 Å². The molecule has 0 spiro atoms. The van der Waals surface area contributed by atoms with Crippen molar-refractivity contribution >= 4 is 21.4 Å². The standard InChI is InChI=1S/C11H13F2N3O3S/c12-8-5-7(11(14)15-17)6-9(13)10(8)16-1-3-20(18,19)4-2-16/h5-6,17H,1-4H2,(H2,14,15). The summed E-state index contributed by atoms with van der Waals surface area (Å²) in [5.41, 5.74) is 4.89. The number of hydrogen-bond acceptors (Lipinski definition) is 5. The first kappa shape index (κ1) is 14.5. The minimum absolute atomic E-state index is 0.0269. The average molecular weight is 305 g/mol. The highest BCUT2D eigenvalue weighted by atomic mass is 32.2. The fourth-order valence-corrected chi connectivity index (χ4v) is 3.21. The summed E-state index contributed by atoms with van der Waals surface area (Å²) in [7, 11) is -3.13. The molecule has 9 heteroatoms. The minimum atomic E-state index is -3.13. The Kier molecular flexibility index (Phi) is 3.80. The maximum Gasteiger partial charge on any atom is 0.170 e. The van der Waals surface area contributed by atoms with Gasteiger partial charge in [-0.2, -0.15) is 0 Å². The first-order valence-corrected chi connectivity index (χ1v) is 7.58. The quantitative estimate of drug-likeness (QED) is 0.354. The van der Waals surface area contributed by atoms with Gasteiger partial charge in [0.1, 0.15) is 17.3 Å². The van der Waals surface area contributed by atoms with Gasteiger partial charge in [-0.15, -0.1) is 0 Å². The third-order valence-corrected chi connectivity index (χ3v) is 4.69. The van der Waals surface area contributed by atoms with Crippen LogP contribution in [0.15, 0.2) is 17.3 Å². The SMILES string of the molecule is N/C(=N/O)c1cc(F)c(N2CCS(=O)(=O)CC2)c(F)c1. The third kappa shape index (κ3) is 2.82. The second-order valence-electron chi connectivity index (χ2n) is 4.41. The van der Waals surface area contributed by atoms with Crippen LogP contribution >= 0.6 is 0 Å². The van der Waals surface area contributed by atoms with Gasteiger partial charge in [0.15, 0.2) is 15.7 Å². The van der Waals surface area contributed by atoms with Gasteiger partial charge in [-0.05, 0) is 12.1 Å². The smallest absolute Gasteiger partial charge is 0.170 e. The van der Waals surface area contributed by atoms with Crippen LogP contribution in [0.5, 0.6) is 0 Å². The molecule has 110 valence electrons. The Hall–Kier alpha value is -1.90. The van der Waals surface area contributed by atoms with Crippen molar-refractivity contribution in [3.63, 3.8) is 0 Å². The largest absolute Gasteiger partial charge is 0.409 e. The molecule has 1 saturated heterocycles. The molecule has 0 aromatic heterocycles. The predicted molar refractivity (Wildman–Crippen MR) is 69.7 cm³/mol. The highest BCUT2D eigenvalue weighted by Crippen LogP contribution is 2.26. The molecule has 1 fully saturated rings. The van der Waals surface area contributed by atoms with Crippen LogP contribution in [0.1, 0.15) is 5.56 Å². The van der Waals surface area contributed by atoms with Gasteiger partial charge in [-0.3, -0.25) is 0 Å². The Morgan fingerprint density at radius 2 is 1.75 bits per heavy atom. The summed E-state index contributed by atoms with van der Waals surface area (Å²) < 4.78 is 50.5. The van der Waals surface area contributed by atoms with E-state index < -0.39 is 27.3 Å². The van der Waals surface area contributed by atoms with E-state index >= 15 is 0 Å². The second kappa shape index (κ2) is 5.23. The fourth-order valence-electron chi connectivity index (χ4n) is 2.01. The number of nitrogens with zero attached hydrogens (tertiary/aromatic N) is 2. The molecule has 1 aromatic carbocycles. The molecule has 1 aliphatic rings. The van der Waals surface area contributed by atoms with Crippen LogP contribution < -0.4 is 10.6 Å². The third-order valence-electron chi connectivity index (χ3n) is 3.08. The van der Waals surface area contributed by atoms with Crippen LogP contribution in [0.4, 0.5) is 14.5 Å². The van der Waals surface area contributed by atoms with Crippen molar-refractivity contribution in [1.29, 1.82) is 0 Å². The average Bonchev–Trinajstić information content (AvgIpc) is 2.38. The molecule has 0 radical (unpaired) electrons. The molecule has 0 saturated carbocycles. The van der Waals surface area contributed by atoms with Crippen molar-refractivity contribution in [3.05, 3.63) is 29.3 Å². The van der Waals surface area contributed by atoms with E-state index in [1.54, 1.807) is 0 Å². The molecule has 3 N–H and O–H groups in total. The maximum absolute atomic E-state index is 14.0. The maximum atomic E-state index is 14.0. The van der Waals surface area contributed by atoms with Crippen LogP contribution in [-0.2, 0) is 9.84 Å². The van der Waals surface area contributed by atoms with Gasteiger partial charge in [0.05, 0.1) is 11.5 Å². The van der Waals surface area contributed by atoms with Crippen molar-refractivity contribution in [2.45, 2.75) is 0 Å². The normalized spacial score (nSPS) is 19.1. The van der Waals surface area contributed by atoms with Crippen molar-refractivity contribution in [2.24, 2.45) is 10.9 Å². The first-order valence-electron chi connectivity index (χ1n) is 5.76. The molecule has 6 nitrogen and oxygen atoms in total. The number of amidine groups is 1. The number of rotatable bonds is 2. The molecular formula is C11H13F2N3O3S. The zero-order chi connectivity index (χ0) is 14.9. The van der Waals surface area contributed by atoms with E-state index in [1.165, 1.54) is 4.90 Å². The predicted octanol–water partition coefficient (Wildman–Crippen LogP) is 0.294. The monoisotopic (exact) mass is 305 g/mol. The van der Waals surface area contributed by atoms with E-state index in [2.05, 4.69) is 5.16 Å². The Balaban J connectivity index is 2.34. The molecule has 1 heterocycles. The highest BCUT2D eigenvalue weighted by molar-refractivity contribution is 7.91. The van der Waals surface area contributed by atoms with Gasteiger partial charge in [-0.1, -0.05) is 5.16 Å². The zero-order valence-electron chi connectivity index (χ0n) is 10.4. The van der Waals surface area contributed by atoms with Gasteiger partial charge >= 0.3 is 0 Å². The Bertz CT molecular complexity index is 624. The topological polar surface area (TPSA) is 96.0 Å². The lowest BCUT2D eigenvalue weighted by molar-refractivity contribution is 0.318. The number of nitrogens with two attached hydrogens (primary N) is 1. The van der Waals surface area contributed by atoms with E-state index in [-0.39, 0.29) is 35.8 Å². The number of oxime groups is 1. The number of hydrogen-bond donors (Lipinski definition) is 2. The number of anilines is 1. The highest BCUT2D eigenvalue weighted by Gasteiger charge is 2.26. The molecule has 2 rings (SSSR count). The zero-order valence-corrected chi connectivity index (χ0v) is 11.2. The number of sulfone groups is 1. The van der Waals surface area contributed by atoms with E-state index in [0.717, 1.165) is 12.1 Å². The van der Waals surface area contributed by atoms with E-state index in [0.29, 0.717) is 0 Å². The number of benzene rings is 1. The van der Waals surface area contributed by atoms with Gasteiger partial charge in [0, 0.05) is 18.7 Å². The van der Waals surface area contributed by atoms with Crippen LogP contribution in [0, 0.1) is 11.6 Å². The van der Waals surface area contributed by atoms with Crippen LogP contribution in [0.25, 0.3) is 0 Å². The molecule has 20 heavy (non-hydrogen) atoms. The van der Waals surface area contributed by atoms with Crippen LogP contribution in [0.2, 0.25) is 0 Å².